The molecule has 1 aliphatic carbocycles. The topological polar surface area (TPSA) is 21.3 Å². The number of methoxy groups -OCH3 is 1. The molecule has 1 saturated carbocycles. The van der Waals surface area contributed by atoms with Crippen LogP contribution in [0.3, 0.4) is 0 Å². The Kier molecular flexibility index (Phi) is 4.27. The van der Waals surface area contributed by atoms with Gasteiger partial charge in [0.25, 0.3) is 0 Å². The van der Waals surface area contributed by atoms with Crippen LogP contribution in [0.4, 0.5) is 0 Å². The van der Waals surface area contributed by atoms with Crippen LogP contribution in [-0.4, -0.2) is 25.8 Å². The van der Waals surface area contributed by atoms with Crippen molar-refractivity contribution in [2.24, 2.45) is 5.92 Å². The molecule has 13 heavy (non-hydrogen) atoms. The third-order valence-electron chi connectivity index (χ3n) is 2.56. The quantitative estimate of drug-likeness (QED) is 0.626. The highest BCUT2D eigenvalue weighted by molar-refractivity contribution is 5.01. The van der Waals surface area contributed by atoms with E-state index in [0.717, 1.165) is 18.9 Å². The molecule has 2 atom stereocenters. The number of ether oxygens (including phenoxy) is 1. The van der Waals surface area contributed by atoms with Crippen LogP contribution in [-0.2, 0) is 4.74 Å². The van der Waals surface area contributed by atoms with Crippen molar-refractivity contribution in [3.8, 4) is 12.3 Å². The minimum Gasteiger partial charge on any atom is -0.383 e. The molecule has 1 fully saturated rings. The Labute approximate surface area is 81.0 Å². The first-order valence-electron chi connectivity index (χ1n) is 5.03. The molecule has 2 unspecified atom stereocenters. The van der Waals surface area contributed by atoms with Gasteiger partial charge in [0, 0.05) is 13.2 Å². The first-order valence-corrected chi connectivity index (χ1v) is 5.03. The zero-order valence-corrected chi connectivity index (χ0v) is 8.55. The van der Waals surface area contributed by atoms with E-state index in [4.69, 9.17) is 11.2 Å². The van der Waals surface area contributed by atoms with Crippen LogP contribution in [0, 0.1) is 18.3 Å². The van der Waals surface area contributed by atoms with Crippen molar-refractivity contribution in [3.05, 3.63) is 0 Å². The van der Waals surface area contributed by atoms with Gasteiger partial charge in [-0.3, -0.25) is 5.32 Å². The summed E-state index contributed by atoms with van der Waals surface area (Å²) in [5.41, 5.74) is 0. The highest BCUT2D eigenvalue weighted by Crippen LogP contribution is 2.32. The van der Waals surface area contributed by atoms with Gasteiger partial charge in [0.1, 0.15) is 0 Å². The van der Waals surface area contributed by atoms with Gasteiger partial charge in [-0.1, -0.05) is 12.8 Å². The van der Waals surface area contributed by atoms with E-state index in [9.17, 15) is 0 Å². The number of hydrogen-bond donors (Lipinski definition) is 1. The Balaban J connectivity index is 2.32. The van der Waals surface area contributed by atoms with E-state index >= 15 is 0 Å². The SMILES string of the molecule is C#CC(CC)NC(COC)C1CC1. The molecule has 74 valence electrons. The van der Waals surface area contributed by atoms with Gasteiger partial charge in [-0.15, -0.1) is 6.42 Å². The van der Waals surface area contributed by atoms with Crippen LogP contribution in [0.25, 0.3) is 0 Å². The van der Waals surface area contributed by atoms with Crippen molar-refractivity contribution in [2.45, 2.75) is 38.3 Å². The molecule has 0 bridgehead atoms. The van der Waals surface area contributed by atoms with Gasteiger partial charge >= 0.3 is 0 Å². The molecule has 0 aromatic rings. The lowest BCUT2D eigenvalue weighted by Crippen LogP contribution is -2.41. The lowest BCUT2D eigenvalue weighted by Gasteiger charge is -2.20. The van der Waals surface area contributed by atoms with Gasteiger partial charge in [0.05, 0.1) is 12.6 Å². The van der Waals surface area contributed by atoms with Crippen molar-refractivity contribution < 1.29 is 4.74 Å². The van der Waals surface area contributed by atoms with Crippen LogP contribution in [0.1, 0.15) is 26.2 Å². The van der Waals surface area contributed by atoms with Crippen LogP contribution >= 0.6 is 0 Å². The van der Waals surface area contributed by atoms with Crippen molar-refractivity contribution in [1.29, 1.82) is 0 Å². The van der Waals surface area contributed by atoms with Crippen LogP contribution in [0.5, 0.6) is 0 Å². The minimum absolute atomic E-state index is 0.209. The molecule has 0 saturated heterocycles. The molecule has 0 radical (unpaired) electrons. The van der Waals surface area contributed by atoms with E-state index in [2.05, 4.69) is 18.2 Å². The van der Waals surface area contributed by atoms with Crippen molar-refractivity contribution in [1.82, 2.24) is 5.32 Å². The third kappa shape index (κ3) is 3.38. The molecular weight excluding hydrogens is 162 g/mol. The first-order chi connectivity index (χ1) is 6.31. The Hall–Kier alpha value is -0.520. The predicted molar refractivity (Wildman–Crippen MR) is 54.4 cm³/mol. The zero-order chi connectivity index (χ0) is 9.68. The standard InChI is InChI=1S/C11H19NO/c1-4-10(5-2)12-11(8-13-3)9-6-7-9/h1,9-12H,5-8H2,2-3H3. The number of rotatable bonds is 6. The summed E-state index contributed by atoms with van der Waals surface area (Å²) in [5, 5.41) is 3.46. The molecule has 2 nitrogen and oxygen atoms in total. The van der Waals surface area contributed by atoms with Crippen molar-refractivity contribution >= 4 is 0 Å². The summed E-state index contributed by atoms with van der Waals surface area (Å²) in [6.07, 6.45) is 9.03. The molecule has 0 aliphatic heterocycles. The molecule has 2 heteroatoms. The smallest absolute Gasteiger partial charge is 0.0687 e. The van der Waals surface area contributed by atoms with Gasteiger partial charge < -0.3 is 4.74 Å². The van der Waals surface area contributed by atoms with Gasteiger partial charge in [0.15, 0.2) is 0 Å². The predicted octanol–water partition coefficient (Wildman–Crippen LogP) is 1.41. The summed E-state index contributed by atoms with van der Waals surface area (Å²) in [7, 11) is 1.74. The first kappa shape index (κ1) is 10.6. The maximum absolute atomic E-state index is 5.39. The van der Waals surface area contributed by atoms with E-state index in [-0.39, 0.29) is 6.04 Å². The lowest BCUT2D eigenvalue weighted by molar-refractivity contribution is 0.154. The Morgan fingerprint density at radius 2 is 2.31 bits per heavy atom. The Morgan fingerprint density at radius 1 is 1.62 bits per heavy atom. The molecular formula is C11H19NO. The van der Waals surface area contributed by atoms with E-state index in [1.54, 1.807) is 7.11 Å². The molecule has 0 aromatic heterocycles. The summed E-state index contributed by atoms with van der Waals surface area (Å²) >= 11 is 0. The number of nitrogens with one attached hydrogen (secondary N) is 1. The van der Waals surface area contributed by atoms with Gasteiger partial charge in [-0.25, -0.2) is 0 Å². The Morgan fingerprint density at radius 3 is 2.69 bits per heavy atom. The average molecular weight is 181 g/mol. The maximum atomic E-state index is 5.39. The fraction of sp³-hybridized carbons (Fsp3) is 0.818. The van der Waals surface area contributed by atoms with E-state index < -0.39 is 0 Å². The monoisotopic (exact) mass is 181 g/mol. The number of terminal acetylenes is 1. The molecule has 1 aliphatic rings. The molecule has 0 aromatic carbocycles. The number of hydrogen-bond acceptors (Lipinski definition) is 2. The molecule has 0 heterocycles. The van der Waals surface area contributed by atoms with E-state index in [1.807, 2.05) is 0 Å². The van der Waals surface area contributed by atoms with Gasteiger partial charge in [-0.05, 0) is 25.2 Å². The Bertz CT molecular complexity index is 181. The zero-order valence-electron chi connectivity index (χ0n) is 8.55. The fourth-order valence-corrected chi connectivity index (χ4v) is 1.54. The van der Waals surface area contributed by atoms with Crippen molar-refractivity contribution in [3.63, 3.8) is 0 Å². The highest BCUT2D eigenvalue weighted by Gasteiger charge is 2.31. The van der Waals surface area contributed by atoms with Crippen LogP contribution in [0.2, 0.25) is 0 Å². The largest absolute Gasteiger partial charge is 0.383 e. The summed E-state index contributed by atoms with van der Waals surface area (Å²) in [5.74, 6) is 3.55. The van der Waals surface area contributed by atoms with Crippen LogP contribution in [0.15, 0.2) is 0 Å². The van der Waals surface area contributed by atoms with E-state index in [0.29, 0.717) is 6.04 Å². The van der Waals surface area contributed by atoms with Gasteiger partial charge in [-0.2, -0.15) is 0 Å². The van der Waals surface area contributed by atoms with Crippen LogP contribution < -0.4 is 5.32 Å². The van der Waals surface area contributed by atoms with Crippen molar-refractivity contribution in [2.75, 3.05) is 13.7 Å². The summed E-state index contributed by atoms with van der Waals surface area (Å²) in [6.45, 7) is 2.89. The molecule has 0 spiro atoms. The summed E-state index contributed by atoms with van der Waals surface area (Å²) in [4.78, 5) is 0. The molecule has 0 amide bonds. The highest BCUT2D eigenvalue weighted by atomic mass is 16.5. The lowest BCUT2D eigenvalue weighted by atomic mass is 10.1. The average Bonchev–Trinajstić information content (AvgIpc) is 2.95. The molecule has 1 N–H and O–H groups in total. The third-order valence-corrected chi connectivity index (χ3v) is 2.56. The summed E-state index contributed by atoms with van der Waals surface area (Å²) < 4.78 is 5.16. The van der Waals surface area contributed by atoms with E-state index in [1.165, 1.54) is 12.8 Å². The summed E-state index contributed by atoms with van der Waals surface area (Å²) in [6, 6.07) is 0.673. The fourth-order valence-electron chi connectivity index (χ4n) is 1.54. The second kappa shape index (κ2) is 5.26. The minimum atomic E-state index is 0.209. The van der Waals surface area contributed by atoms with Gasteiger partial charge in [0.2, 0.25) is 0 Å². The second-order valence-electron chi connectivity index (χ2n) is 3.69. The second-order valence-corrected chi connectivity index (χ2v) is 3.69. The maximum Gasteiger partial charge on any atom is 0.0687 e. The normalized spacial score (nSPS) is 20.7. The molecule has 1 rings (SSSR count).